The molecule has 0 aliphatic carbocycles. The number of alkyl halides is 3. The average Bonchev–Trinajstić information content (AvgIpc) is 2.76. The van der Waals surface area contributed by atoms with Crippen molar-refractivity contribution in [2.45, 2.75) is 38.5 Å². The first kappa shape index (κ1) is 21.9. The number of rotatable bonds is 6. The number of hydrogen-bond acceptors (Lipinski definition) is 6. The molecule has 0 saturated carbocycles. The zero-order valence-electron chi connectivity index (χ0n) is 16.8. The van der Waals surface area contributed by atoms with Gasteiger partial charge < -0.3 is 9.64 Å². The minimum atomic E-state index is -4.74. The molecule has 0 bridgehead atoms. The van der Waals surface area contributed by atoms with Gasteiger partial charge in [0.15, 0.2) is 5.82 Å². The smallest absolute Gasteiger partial charge is 0.468 e. The summed E-state index contributed by atoms with van der Waals surface area (Å²) in [6.07, 6.45) is 0.445. The first-order valence-electron chi connectivity index (χ1n) is 9.78. The SMILES string of the molecule is C=N/N=C(\OCc1cnc(-c2ccc(C3CCN(CC)CC3)cc2)nc1)C(F)(F)F. The van der Waals surface area contributed by atoms with Crippen molar-refractivity contribution in [2.24, 2.45) is 10.2 Å². The van der Waals surface area contributed by atoms with Crippen molar-refractivity contribution < 1.29 is 17.9 Å². The Morgan fingerprint density at radius 1 is 1.17 bits per heavy atom. The molecule has 9 heteroatoms. The molecule has 1 aromatic carbocycles. The Labute approximate surface area is 173 Å². The highest BCUT2D eigenvalue weighted by molar-refractivity contribution is 5.81. The Morgan fingerprint density at radius 2 is 1.80 bits per heavy atom. The molecule has 0 spiro atoms. The van der Waals surface area contributed by atoms with Crippen LogP contribution >= 0.6 is 0 Å². The lowest BCUT2D eigenvalue weighted by atomic mass is 9.89. The van der Waals surface area contributed by atoms with Gasteiger partial charge in [-0.15, -0.1) is 5.10 Å². The molecule has 0 N–H and O–H groups in total. The van der Waals surface area contributed by atoms with Gasteiger partial charge >= 0.3 is 12.1 Å². The molecular formula is C21H24F3N5O. The molecular weight excluding hydrogens is 395 g/mol. The van der Waals surface area contributed by atoms with E-state index in [9.17, 15) is 13.2 Å². The Kier molecular flexibility index (Phi) is 7.15. The van der Waals surface area contributed by atoms with Crippen molar-refractivity contribution in [2.75, 3.05) is 19.6 Å². The Balaban J connectivity index is 1.61. The van der Waals surface area contributed by atoms with E-state index in [0.29, 0.717) is 17.3 Å². The summed E-state index contributed by atoms with van der Waals surface area (Å²) in [6, 6.07) is 8.18. The fraction of sp³-hybridized carbons (Fsp3) is 0.429. The monoisotopic (exact) mass is 419 g/mol. The van der Waals surface area contributed by atoms with Crippen LogP contribution in [0.2, 0.25) is 0 Å². The molecule has 1 saturated heterocycles. The van der Waals surface area contributed by atoms with Gasteiger partial charge in [-0.3, -0.25) is 0 Å². The first-order valence-corrected chi connectivity index (χ1v) is 9.78. The number of ether oxygens (including phenoxy) is 1. The number of hydrogen-bond donors (Lipinski definition) is 0. The second-order valence-corrected chi connectivity index (χ2v) is 7.08. The highest BCUT2D eigenvalue weighted by atomic mass is 19.4. The minimum Gasteiger partial charge on any atom is -0.468 e. The third kappa shape index (κ3) is 5.63. The fourth-order valence-corrected chi connectivity index (χ4v) is 3.45. The fourth-order valence-electron chi connectivity index (χ4n) is 3.45. The van der Waals surface area contributed by atoms with Crippen molar-refractivity contribution in [1.29, 1.82) is 0 Å². The predicted octanol–water partition coefficient (Wildman–Crippen LogP) is 4.44. The summed E-state index contributed by atoms with van der Waals surface area (Å²) in [5.41, 5.74) is 2.55. The zero-order valence-corrected chi connectivity index (χ0v) is 16.8. The maximum atomic E-state index is 12.7. The third-order valence-electron chi connectivity index (χ3n) is 5.16. The summed E-state index contributed by atoms with van der Waals surface area (Å²) in [6.45, 7) is 8.07. The van der Waals surface area contributed by atoms with Crippen molar-refractivity contribution in [1.82, 2.24) is 14.9 Å². The van der Waals surface area contributed by atoms with Gasteiger partial charge in [-0.1, -0.05) is 31.2 Å². The number of benzene rings is 1. The molecule has 2 aromatic rings. The lowest BCUT2D eigenvalue weighted by Gasteiger charge is -2.31. The molecule has 1 fully saturated rings. The Hall–Kier alpha value is -2.81. The summed E-state index contributed by atoms with van der Waals surface area (Å²) >= 11 is 0. The molecule has 0 atom stereocenters. The molecule has 0 unspecified atom stereocenters. The lowest BCUT2D eigenvalue weighted by molar-refractivity contribution is -0.0795. The van der Waals surface area contributed by atoms with E-state index in [2.05, 4.69) is 55.6 Å². The molecule has 0 radical (unpaired) electrons. The van der Waals surface area contributed by atoms with E-state index < -0.39 is 12.1 Å². The van der Waals surface area contributed by atoms with Gasteiger partial charge in [-0.25, -0.2) is 9.97 Å². The van der Waals surface area contributed by atoms with Crippen LogP contribution in [0.15, 0.2) is 46.9 Å². The highest BCUT2D eigenvalue weighted by Crippen LogP contribution is 2.29. The first-order chi connectivity index (χ1) is 14.4. The maximum Gasteiger partial charge on any atom is 0.470 e. The van der Waals surface area contributed by atoms with Crippen LogP contribution in [0, 0.1) is 0 Å². The van der Waals surface area contributed by atoms with Crippen LogP contribution in [0.25, 0.3) is 11.4 Å². The summed E-state index contributed by atoms with van der Waals surface area (Å²) in [7, 11) is 0. The summed E-state index contributed by atoms with van der Waals surface area (Å²) in [4.78, 5) is 10.9. The standard InChI is InChI=1S/C21H24F3N5O/c1-3-29-10-8-17(9-11-29)16-4-6-18(7-5-16)19-26-12-15(13-27-19)14-30-20(28-25-2)21(22,23)24/h4-7,12-13,17H,2-3,8-11,14H2,1H3/b28-20-. The molecule has 2 heterocycles. The summed E-state index contributed by atoms with van der Waals surface area (Å²) in [5.74, 6) is -0.387. The van der Waals surface area contributed by atoms with Crippen molar-refractivity contribution in [3.63, 3.8) is 0 Å². The highest BCUT2D eigenvalue weighted by Gasteiger charge is 2.38. The van der Waals surface area contributed by atoms with Gasteiger partial charge in [-0.2, -0.15) is 18.3 Å². The largest absolute Gasteiger partial charge is 0.470 e. The van der Waals surface area contributed by atoms with Crippen LogP contribution in [-0.4, -0.2) is 53.3 Å². The van der Waals surface area contributed by atoms with Crippen LogP contribution in [0.3, 0.4) is 0 Å². The normalized spacial score (nSPS) is 16.5. The molecule has 160 valence electrons. The summed E-state index contributed by atoms with van der Waals surface area (Å²) in [5, 5.41) is 5.75. The number of piperidine rings is 1. The molecule has 1 aliphatic heterocycles. The number of aromatic nitrogens is 2. The molecule has 30 heavy (non-hydrogen) atoms. The van der Waals surface area contributed by atoms with Crippen LogP contribution < -0.4 is 0 Å². The van der Waals surface area contributed by atoms with Crippen molar-refractivity contribution >= 4 is 12.6 Å². The van der Waals surface area contributed by atoms with E-state index in [1.54, 1.807) is 0 Å². The van der Waals surface area contributed by atoms with Crippen molar-refractivity contribution in [3.8, 4) is 11.4 Å². The molecule has 1 aromatic heterocycles. The van der Waals surface area contributed by atoms with Gasteiger partial charge in [-0.05, 0) is 44.0 Å². The molecule has 3 rings (SSSR count). The molecule has 0 amide bonds. The van der Waals surface area contributed by atoms with E-state index in [1.807, 2.05) is 12.1 Å². The Morgan fingerprint density at radius 3 is 2.33 bits per heavy atom. The molecule has 1 aliphatic rings. The van der Waals surface area contributed by atoms with Crippen LogP contribution in [0.5, 0.6) is 0 Å². The van der Waals surface area contributed by atoms with Crippen molar-refractivity contribution in [3.05, 3.63) is 47.8 Å². The topological polar surface area (TPSA) is 63.0 Å². The molecule has 6 nitrogen and oxygen atoms in total. The van der Waals surface area contributed by atoms with E-state index in [0.717, 1.165) is 38.0 Å². The lowest BCUT2D eigenvalue weighted by Crippen LogP contribution is -2.32. The average molecular weight is 419 g/mol. The Bertz CT molecular complexity index is 858. The third-order valence-corrected chi connectivity index (χ3v) is 5.16. The van der Waals surface area contributed by atoms with E-state index in [-0.39, 0.29) is 6.61 Å². The van der Waals surface area contributed by atoms with E-state index in [4.69, 9.17) is 0 Å². The van der Waals surface area contributed by atoms with Crippen LogP contribution in [-0.2, 0) is 11.3 Å². The zero-order chi connectivity index (χ0) is 21.6. The second-order valence-electron chi connectivity index (χ2n) is 7.08. The van der Waals surface area contributed by atoms with E-state index in [1.165, 1.54) is 18.0 Å². The number of likely N-dealkylation sites (tertiary alicyclic amines) is 1. The number of nitrogens with zero attached hydrogens (tertiary/aromatic N) is 5. The van der Waals surface area contributed by atoms with Crippen LogP contribution in [0.1, 0.15) is 36.8 Å². The quantitative estimate of drug-likeness (QED) is 0.395. The van der Waals surface area contributed by atoms with Gasteiger partial charge in [0.1, 0.15) is 6.61 Å². The predicted molar refractivity (Wildman–Crippen MR) is 109 cm³/mol. The van der Waals surface area contributed by atoms with Gasteiger partial charge in [0, 0.05) is 30.2 Å². The van der Waals surface area contributed by atoms with Crippen LogP contribution in [0.4, 0.5) is 13.2 Å². The summed E-state index contributed by atoms with van der Waals surface area (Å²) < 4.78 is 42.9. The number of halogens is 3. The second kappa shape index (κ2) is 9.80. The van der Waals surface area contributed by atoms with Gasteiger partial charge in [0.2, 0.25) is 0 Å². The maximum absolute atomic E-state index is 12.7. The van der Waals surface area contributed by atoms with E-state index >= 15 is 0 Å². The van der Waals surface area contributed by atoms with Gasteiger partial charge in [0.25, 0.3) is 0 Å². The van der Waals surface area contributed by atoms with Gasteiger partial charge in [0.05, 0.1) is 0 Å². The minimum absolute atomic E-state index is 0.371.